The Bertz CT molecular complexity index is 807. The highest BCUT2D eigenvalue weighted by atomic mass is 31.2. The van der Waals surface area contributed by atoms with Gasteiger partial charge in [0, 0.05) is 13.0 Å². The SMILES string of the molecule is CCCCCCCCCCCCCCCCCOCC(COP(=O)(O)OCC[N+](C)(C)C)OC(=O)CCCCCCCCCCCCCCCCC. The molecular weight excluding hydrogens is 673 g/mol. The summed E-state index contributed by atoms with van der Waals surface area (Å²) < 4.78 is 35.0. The number of carbonyl (C=O) groups excluding carboxylic acids is 1. The average Bonchev–Trinajstić information content (AvgIpc) is 3.09. The lowest BCUT2D eigenvalue weighted by Gasteiger charge is -2.24. The van der Waals surface area contributed by atoms with E-state index < -0.39 is 13.9 Å². The number of ether oxygens (including phenoxy) is 2. The largest absolute Gasteiger partial charge is 0.472 e. The Morgan fingerprint density at radius 1 is 0.519 bits per heavy atom. The predicted molar refractivity (Wildman–Crippen MR) is 220 cm³/mol. The monoisotopic (exact) mass is 763 g/mol. The van der Waals surface area contributed by atoms with Gasteiger partial charge in [-0.15, -0.1) is 0 Å². The predicted octanol–water partition coefficient (Wildman–Crippen LogP) is 12.9. The lowest BCUT2D eigenvalue weighted by molar-refractivity contribution is -0.870. The standard InChI is InChI=1S/C43H88NO7P/c1-6-8-10-12-14-16-18-20-22-24-26-28-30-32-34-36-43(45)51-42(41-50-52(46,47)49-39-37-44(3,4)5)40-48-38-35-33-31-29-27-25-23-21-19-17-15-13-11-9-7-2/h42H,6-41H2,1-5H3/p+1. The maximum Gasteiger partial charge on any atom is 0.472 e. The van der Waals surface area contributed by atoms with Crippen LogP contribution in [-0.4, -0.2) is 75.6 Å². The van der Waals surface area contributed by atoms with E-state index in [1.54, 1.807) is 0 Å². The van der Waals surface area contributed by atoms with Crippen molar-refractivity contribution in [2.24, 2.45) is 0 Å². The van der Waals surface area contributed by atoms with E-state index in [1.807, 2.05) is 21.1 Å². The molecule has 0 aromatic rings. The smallest absolute Gasteiger partial charge is 0.457 e. The molecule has 0 aromatic heterocycles. The normalized spacial score (nSPS) is 13.7. The topological polar surface area (TPSA) is 91.3 Å². The van der Waals surface area contributed by atoms with Crippen LogP contribution in [0.15, 0.2) is 0 Å². The number of esters is 1. The van der Waals surface area contributed by atoms with Crippen LogP contribution in [0.3, 0.4) is 0 Å². The molecule has 1 N–H and O–H groups in total. The lowest BCUT2D eigenvalue weighted by atomic mass is 10.0. The molecular formula is C43H89NO7P+. The summed E-state index contributed by atoms with van der Waals surface area (Å²) in [5.74, 6) is -0.308. The van der Waals surface area contributed by atoms with Gasteiger partial charge in [-0.2, -0.15) is 0 Å². The first kappa shape index (κ1) is 51.5. The molecule has 52 heavy (non-hydrogen) atoms. The zero-order valence-electron chi connectivity index (χ0n) is 35.3. The van der Waals surface area contributed by atoms with Crippen LogP contribution in [0.25, 0.3) is 0 Å². The summed E-state index contributed by atoms with van der Waals surface area (Å²) in [7, 11) is 1.69. The van der Waals surface area contributed by atoms with Crippen molar-refractivity contribution >= 4 is 13.8 Å². The highest BCUT2D eigenvalue weighted by Crippen LogP contribution is 2.43. The zero-order chi connectivity index (χ0) is 38.4. The zero-order valence-corrected chi connectivity index (χ0v) is 36.2. The molecule has 0 aliphatic heterocycles. The summed E-state index contributed by atoms with van der Waals surface area (Å²) in [4.78, 5) is 22.9. The second kappa shape index (κ2) is 37.4. The molecule has 0 bridgehead atoms. The quantitative estimate of drug-likeness (QED) is 0.0286. The van der Waals surface area contributed by atoms with Crippen molar-refractivity contribution < 1.29 is 37.3 Å². The number of carbonyl (C=O) groups is 1. The van der Waals surface area contributed by atoms with Crippen LogP contribution < -0.4 is 0 Å². The number of hydrogen-bond acceptors (Lipinski definition) is 6. The van der Waals surface area contributed by atoms with E-state index in [4.69, 9.17) is 18.5 Å². The molecule has 0 aliphatic rings. The minimum absolute atomic E-state index is 0.0939. The summed E-state index contributed by atoms with van der Waals surface area (Å²) in [5.41, 5.74) is 0. The van der Waals surface area contributed by atoms with E-state index in [0.717, 1.165) is 32.1 Å². The summed E-state index contributed by atoms with van der Waals surface area (Å²) in [5, 5.41) is 0. The molecule has 9 heteroatoms. The third-order valence-electron chi connectivity index (χ3n) is 9.92. The summed E-state index contributed by atoms with van der Waals surface area (Å²) in [6.45, 7) is 5.68. The Morgan fingerprint density at radius 2 is 0.885 bits per heavy atom. The molecule has 2 unspecified atom stereocenters. The molecule has 0 spiro atoms. The molecule has 0 heterocycles. The van der Waals surface area contributed by atoms with Gasteiger partial charge in [-0.25, -0.2) is 4.57 Å². The van der Waals surface area contributed by atoms with Gasteiger partial charge in [-0.05, 0) is 12.8 Å². The molecule has 0 saturated heterocycles. The number of quaternary nitrogens is 1. The molecule has 0 radical (unpaired) electrons. The number of unbranched alkanes of at least 4 members (excludes halogenated alkanes) is 28. The van der Waals surface area contributed by atoms with Crippen LogP contribution in [0.5, 0.6) is 0 Å². The number of hydrogen-bond donors (Lipinski definition) is 1. The summed E-state index contributed by atoms with van der Waals surface area (Å²) in [6, 6.07) is 0. The van der Waals surface area contributed by atoms with E-state index in [1.165, 1.54) is 161 Å². The molecule has 8 nitrogen and oxygen atoms in total. The molecule has 0 saturated carbocycles. The molecule has 2 atom stereocenters. The van der Waals surface area contributed by atoms with Crippen molar-refractivity contribution in [3.8, 4) is 0 Å². The van der Waals surface area contributed by atoms with Gasteiger partial charge in [0.1, 0.15) is 19.3 Å². The van der Waals surface area contributed by atoms with E-state index in [2.05, 4.69) is 13.8 Å². The average molecular weight is 763 g/mol. The van der Waals surface area contributed by atoms with Crippen LogP contribution in [-0.2, 0) is 27.9 Å². The van der Waals surface area contributed by atoms with Crippen LogP contribution in [0.4, 0.5) is 0 Å². The fourth-order valence-electron chi connectivity index (χ4n) is 6.44. The van der Waals surface area contributed by atoms with Gasteiger partial charge in [0.2, 0.25) is 0 Å². The van der Waals surface area contributed by atoms with E-state index in [9.17, 15) is 14.3 Å². The van der Waals surface area contributed by atoms with Crippen molar-refractivity contribution in [1.82, 2.24) is 0 Å². The maximum absolute atomic E-state index is 12.7. The molecule has 0 aromatic carbocycles. The van der Waals surface area contributed by atoms with Crippen molar-refractivity contribution in [2.75, 3.05) is 54.1 Å². The maximum atomic E-state index is 12.7. The number of phosphoric acid groups is 1. The minimum atomic E-state index is -4.26. The Balaban J connectivity index is 4.18. The van der Waals surface area contributed by atoms with Gasteiger partial charge in [0.25, 0.3) is 0 Å². The summed E-state index contributed by atoms with van der Waals surface area (Å²) >= 11 is 0. The molecule has 312 valence electrons. The van der Waals surface area contributed by atoms with Gasteiger partial charge in [-0.1, -0.05) is 194 Å². The van der Waals surface area contributed by atoms with Crippen molar-refractivity contribution in [1.29, 1.82) is 0 Å². The van der Waals surface area contributed by atoms with Crippen molar-refractivity contribution in [2.45, 2.75) is 219 Å². The number of likely N-dealkylation sites (N-methyl/N-ethyl adjacent to an activating group) is 1. The van der Waals surface area contributed by atoms with Gasteiger partial charge in [0.05, 0.1) is 34.4 Å². The number of nitrogens with zero attached hydrogens (tertiary/aromatic N) is 1. The lowest BCUT2D eigenvalue weighted by Crippen LogP contribution is -2.37. The Hall–Kier alpha value is -0.500. The second-order valence-electron chi connectivity index (χ2n) is 16.4. The van der Waals surface area contributed by atoms with Crippen molar-refractivity contribution in [3.05, 3.63) is 0 Å². The highest BCUT2D eigenvalue weighted by Gasteiger charge is 2.26. The van der Waals surface area contributed by atoms with E-state index in [-0.39, 0.29) is 25.8 Å². The highest BCUT2D eigenvalue weighted by molar-refractivity contribution is 7.47. The van der Waals surface area contributed by atoms with Gasteiger partial charge >= 0.3 is 13.8 Å². The molecule has 0 fully saturated rings. The number of phosphoric ester groups is 1. The molecule has 0 amide bonds. The van der Waals surface area contributed by atoms with E-state index >= 15 is 0 Å². The van der Waals surface area contributed by atoms with Gasteiger partial charge < -0.3 is 18.9 Å². The van der Waals surface area contributed by atoms with Crippen LogP contribution in [0.2, 0.25) is 0 Å². The van der Waals surface area contributed by atoms with E-state index in [0.29, 0.717) is 24.1 Å². The minimum Gasteiger partial charge on any atom is -0.457 e. The molecule has 0 rings (SSSR count). The Kier molecular flexibility index (Phi) is 37.1. The third-order valence-corrected chi connectivity index (χ3v) is 10.9. The first-order valence-electron chi connectivity index (χ1n) is 22.3. The summed E-state index contributed by atoms with van der Waals surface area (Å²) in [6.07, 6.45) is 38.4. The van der Waals surface area contributed by atoms with Crippen LogP contribution >= 0.6 is 7.82 Å². The van der Waals surface area contributed by atoms with Crippen LogP contribution in [0, 0.1) is 0 Å². The first-order chi connectivity index (χ1) is 25.1. The van der Waals surface area contributed by atoms with Crippen LogP contribution in [0.1, 0.15) is 213 Å². The number of rotatable bonds is 42. The molecule has 0 aliphatic carbocycles. The fraction of sp³-hybridized carbons (Fsp3) is 0.977. The Morgan fingerprint density at radius 3 is 1.27 bits per heavy atom. The van der Waals surface area contributed by atoms with Crippen molar-refractivity contribution in [3.63, 3.8) is 0 Å². The second-order valence-corrected chi connectivity index (χ2v) is 17.9. The first-order valence-corrected chi connectivity index (χ1v) is 23.8. The Labute approximate surface area is 323 Å². The third kappa shape index (κ3) is 40.7. The van der Waals surface area contributed by atoms with Gasteiger partial charge in [0.15, 0.2) is 0 Å². The van der Waals surface area contributed by atoms with Gasteiger partial charge in [-0.3, -0.25) is 13.8 Å². The fourth-order valence-corrected chi connectivity index (χ4v) is 7.18.